The Hall–Kier alpha value is -1.71. The van der Waals surface area contributed by atoms with Crippen LogP contribution in [0.3, 0.4) is 0 Å². The Balaban J connectivity index is 0.000000194. The molecule has 1 saturated heterocycles. The molecular formula is C24H36N2O. The number of rotatable bonds is 5. The zero-order chi connectivity index (χ0) is 19.6. The highest BCUT2D eigenvalue weighted by molar-refractivity contribution is 5.29. The highest BCUT2D eigenvalue weighted by atomic mass is 16.3. The number of aryl methyl sites for hydroxylation is 2. The molecule has 27 heavy (non-hydrogen) atoms. The average Bonchev–Trinajstić information content (AvgIpc) is 2.69. The van der Waals surface area contributed by atoms with Crippen LogP contribution in [0.25, 0.3) is 0 Å². The van der Waals surface area contributed by atoms with Gasteiger partial charge in [-0.2, -0.15) is 0 Å². The largest absolute Gasteiger partial charge is 0.387 e. The molecule has 2 N–H and O–H groups in total. The lowest BCUT2D eigenvalue weighted by atomic mass is 9.88. The van der Waals surface area contributed by atoms with Crippen LogP contribution in [0.5, 0.6) is 0 Å². The summed E-state index contributed by atoms with van der Waals surface area (Å²) in [6, 6.07) is 12.7. The van der Waals surface area contributed by atoms with E-state index in [9.17, 15) is 5.11 Å². The first-order chi connectivity index (χ1) is 13.0. The first kappa shape index (κ1) is 21.6. The lowest BCUT2D eigenvalue weighted by Gasteiger charge is -2.24. The number of aromatic nitrogens is 1. The molecule has 0 amide bonds. The predicted molar refractivity (Wildman–Crippen MR) is 114 cm³/mol. The Kier molecular flexibility index (Phi) is 8.96. The smallest absolute Gasteiger partial charge is 0.0965 e. The molecule has 0 saturated carbocycles. The van der Waals surface area contributed by atoms with Gasteiger partial charge in [-0.05, 0) is 80.3 Å². The van der Waals surface area contributed by atoms with Crippen LogP contribution < -0.4 is 5.32 Å². The van der Waals surface area contributed by atoms with Gasteiger partial charge in [0.25, 0.3) is 0 Å². The summed E-state index contributed by atoms with van der Waals surface area (Å²) in [4.78, 5) is 4.25. The molecule has 0 spiro atoms. The normalized spacial score (nSPS) is 15.9. The molecule has 0 radical (unpaired) electrons. The number of hydrogen-bond acceptors (Lipinski definition) is 3. The Bertz CT molecular complexity index is 678. The monoisotopic (exact) mass is 368 g/mol. The third kappa shape index (κ3) is 6.75. The molecule has 1 atom stereocenters. The van der Waals surface area contributed by atoms with Crippen molar-refractivity contribution in [2.45, 2.75) is 65.4 Å². The second kappa shape index (κ2) is 11.2. The van der Waals surface area contributed by atoms with Gasteiger partial charge in [0.05, 0.1) is 11.8 Å². The molecule has 1 aromatic heterocycles. The first-order valence-electron chi connectivity index (χ1n) is 10.4. The summed E-state index contributed by atoms with van der Waals surface area (Å²) in [5.74, 6) is 1.29. The molecule has 3 rings (SSSR count). The maximum atomic E-state index is 9.94. The number of piperidine rings is 1. The van der Waals surface area contributed by atoms with Crippen molar-refractivity contribution in [3.05, 3.63) is 65.0 Å². The highest BCUT2D eigenvalue weighted by Gasteiger charge is 2.16. The van der Waals surface area contributed by atoms with Gasteiger partial charge in [-0.1, -0.05) is 51.1 Å². The topological polar surface area (TPSA) is 45.2 Å². The van der Waals surface area contributed by atoms with Crippen LogP contribution in [-0.4, -0.2) is 23.2 Å². The van der Waals surface area contributed by atoms with Crippen LogP contribution in [0.2, 0.25) is 0 Å². The number of aliphatic hydroxyl groups excluding tert-OH is 1. The van der Waals surface area contributed by atoms with Crippen LogP contribution in [0, 0.1) is 12.8 Å². The lowest BCUT2D eigenvalue weighted by molar-refractivity contribution is 0.145. The van der Waals surface area contributed by atoms with Crippen LogP contribution in [0.4, 0.5) is 0 Å². The molecule has 1 aliphatic rings. The second-order valence-electron chi connectivity index (χ2n) is 7.93. The van der Waals surface area contributed by atoms with Crippen LogP contribution in [0.1, 0.15) is 74.4 Å². The molecular weight excluding hydrogens is 332 g/mol. The molecule has 148 valence electrons. The van der Waals surface area contributed by atoms with Crippen molar-refractivity contribution in [2.24, 2.45) is 5.92 Å². The number of pyridine rings is 1. The van der Waals surface area contributed by atoms with E-state index in [0.717, 1.165) is 30.0 Å². The molecule has 0 aliphatic carbocycles. The van der Waals surface area contributed by atoms with E-state index in [4.69, 9.17) is 0 Å². The van der Waals surface area contributed by atoms with E-state index in [1.165, 1.54) is 31.5 Å². The third-order valence-electron chi connectivity index (χ3n) is 5.28. The molecule has 0 bridgehead atoms. The van der Waals surface area contributed by atoms with Crippen LogP contribution >= 0.6 is 0 Å². The average molecular weight is 369 g/mol. The molecule has 2 heterocycles. The molecule has 3 nitrogen and oxygen atoms in total. The van der Waals surface area contributed by atoms with Gasteiger partial charge in [-0.25, -0.2) is 0 Å². The SMILES string of the molecule is CCc1cccnc1C(O)CC(C)C.Cc1ccccc1C1CCNCC1. The fraction of sp³-hybridized carbons (Fsp3) is 0.542. The fourth-order valence-electron chi connectivity index (χ4n) is 3.79. The Labute approximate surface area is 165 Å². The summed E-state index contributed by atoms with van der Waals surface area (Å²) < 4.78 is 0. The van der Waals surface area contributed by atoms with Gasteiger partial charge in [-0.15, -0.1) is 0 Å². The molecule has 1 aliphatic heterocycles. The van der Waals surface area contributed by atoms with Gasteiger partial charge in [0.15, 0.2) is 0 Å². The van der Waals surface area contributed by atoms with E-state index in [-0.39, 0.29) is 0 Å². The van der Waals surface area contributed by atoms with Gasteiger partial charge in [0.2, 0.25) is 0 Å². The number of nitrogens with one attached hydrogen (secondary N) is 1. The van der Waals surface area contributed by atoms with Crippen molar-refractivity contribution in [2.75, 3.05) is 13.1 Å². The van der Waals surface area contributed by atoms with Crippen LogP contribution in [-0.2, 0) is 6.42 Å². The highest BCUT2D eigenvalue weighted by Crippen LogP contribution is 2.27. The van der Waals surface area contributed by atoms with E-state index in [1.807, 2.05) is 12.1 Å². The van der Waals surface area contributed by atoms with Crippen molar-refractivity contribution in [1.29, 1.82) is 0 Å². The number of nitrogens with zero attached hydrogens (tertiary/aromatic N) is 1. The maximum Gasteiger partial charge on any atom is 0.0965 e. The van der Waals surface area contributed by atoms with Crippen molar-refractivity contribution < 1.29 is 5.11 Å². The van der Waals surface area contributed by atoms with Gasteiger partial charge >= 0.3 is 0 Å². The van der Waals surface area contributed by atoms with Gasteiger partial charge in [-0.3, -0.25) is 4.98 Å². The zero-order valence-electron chi connectivity index (χ0n) is 17.4. The summed E-state index contributed by atoms with van der Waals surface area (Å²) in [5, 5.41) is 13.3. The Morgan fingerprint density at radius 2 is 1.81 bits per heavy atom. The summed E-state index contributed by atoms with van der Waals surface area (Å²) in [6.07, 6.45) is 5.64. The van der Waals surface area contributed by atoms with Crippen molar-refractivity contribution in [3.63, 3.8) is 0 Å². The van der Waals surface area contributed by atoms with Crippen LogP contribution in [0.15, 0.2) is 42.6 Å². The summed E-state index contributed by atoms with van der Waals surface area (Å²) in [6.45, 7) is 10.9. The lowest BCUT2D eigenvalue weighted by Crippen LogP contribution is -2.26. The van der Waals surface area contributed by atoms with Gasteiger partial charge in [0, 0.05) is 6.20 Å². The minimum Gasteiger partial charge on any atom is -0.387 e. The van der Waals surface area contributed by atoms with Crippen molar-refractivity contribution in [1.82, 2.24) is 10.3 Å². The van der Waals surface area contributed by atoms with E-state index >= 15 is 0 Å². The maximum absolute atomic E-state index is 9.94. The summed E-state index contributed by atoms with van der Waals surface area (Å²) in [7, 11) is 0. The fourth-order valence-corrected chi connectivity index (χ4v) is 3.79. The molecule has 1 unspecified atom stereocenters. The van der Waals surface area contributed by atoms with Crippen molar-refractivity contribution >= 4 is 0 Å². The zero-order valence-corrected chi connectivity index (χ0v) is 17.4. The third-order valence-corrected chi connectivity index (χ3v) is 5.28. The van der Waals surface area contributed by atoms with E-state index in [0.29, 0.717) is 5.92 Å². The van der Waals surface area contributed by atoms with Crippen molar-refractivity contribution in [3.8, 4) is 0 Å². The summed E-state index contributed by atoms with van der Waals surface area (Å²) in [5.41, 5.74) is 5.02. The minimum atomic E-state index is -0.411. The number of hydrogen-bond donors (Lipinski definition) is 2. The van der Waals surface area contributed by atoms with Gasteiger partial charge in [0.1, 0.15) is 0 Å². The number of benzene rings is 1. The first-order valence-corrected chi connectivity index (χ1v) is 10.4. The molecule has 1 aromatic carbocycles. The quantitative estimate of drug-likeness (QED) is 0.764. The second-order valence-corrected chi connectivity index (χ2v) is 7.93. The van der Waals surface area contributed by atoms with E-state index < -0.39 is 6.10 Å². The molecule has 1 fully saturated rings. The number of aliphatic hydroxyl groups is 1. The minimum absolute atomic E-state index is 0.411. The van der Waals surface area contributed by atoms with Gasteiger partial charge < -0.3 is 10.4 Å². The Morgan fingerprint density at radius 3 is 2.44 bits per heavy atom. The molecule has 2 aromatic rings. The molecule has 3 heteroatoms. The van der Waals surface area contributed by atoms with E-state index in [2.05, 4.69) is 62.3 Å². The summed E-state index contributed by atoms with van der Waals surface area (Å²) >= 11 is 0. The Morgan fingerprint density at radius 1 is 1.11 bits per heavy atom. The predicted octanol–water partition coefficient (Wildman–Crippen LogP) is 5.19. The standard InChI is InChI=1S/C12H19NO.C12H17N/c1-4-10-6-5-7-13-12(10)11(14)8-9(2)3;1-10-4-2-3-5-12(10)11-6-8-13-9-7-11/h5-7,9,11,14H,4,8H2,1-3H3;2-5,11,13H,6-9H2,1H3. The van der Waals surface area contributed by atoms with E-state index in [1.54, 1.807) is 11.8 Å².